The number of aliphatic hydroxyl groups excluding tert-OH is 1. The molecule has 2 fully saturated rings. The van der Waals surface area contributed by atoms with Crippen LogP contribution in [-0.4, -0.2) is 155 Å². The molecule has 4 atom stereocenters. The Bertz CT molecular complexity index is 3100. The van der Waals surface area contributed by atoms with Gasteiger partial charge in [-0.3, -0.25) is 9.59 Å². The van der Waals surface area contributed by atoms with Crippen LogP contribution in [0.25, 0.3) is 21.8 Å². The molecule has 0 unspecified atom stereocenters. The quantitative estimate of drug-likeness (QED) is 0.0863. The molecule has 0 amide bonds. The van der Waals surface area contributed by atoms with Gasteiger partial charge in [-0.2, -0.15) is 0 Å². The Morgan fingerprint density at radius 1 is 0.654 bits per heavy atom. The number of aromatic nitrogens is 6. The van der Waals surface area contributed by atoms with Gasteiger partial charge in [0.2, 0.25) is 11.9 Å². The van der Waals surface area contributed by atoms with Crippen molar-refractivity contribution in [2.75, 3.05) is 104 Å². The van der Waals surface area contributed by atoms with E-state index in [4.69, 9.17) is 57.6 Å². The number of nitrogens with zero attached hydrogens (tertiary/aromatic N) is 10. The minimum Gasteiger partial charge on any atom is -0.479 e. The first-order chi connectivity index (χ1) is 36.6. The second-order valence-corrected chi connectivity index (χ2v) is 21.9. The molecular formula is C57H78Cl2N10O9. The van der Waals surface area contributed by atoms with Crippen LogP contribution in [0.4, 0.5) is 11.9 Å². The number of esters is 1. The van der Waals surface area contributed by atoms with Gasteiger partial charge in [0, 0.05) is 77.0 Å². The van der Waals surface area contributed by atoms with Crippen molar-refractivity contribution in [3.63, 3.8) is 0 Å². The molecule has 21 heteroatoms. The van der Waals surface area contributed by atoms with Crippen LogP contribution in [0.5, 0.6) is 11.5 Å². The molecule has 78 heavy (non-hydrogen) atoms. The van der Waals surface area contributed by atoms with Crippen molar-refractivity contribution in [1.82, 2.24) is 38.9 Å². The average Bonchev–Trinajstić information content (AvgIpc) is 3.37. The number of piperidine rings is 2. The lowest BCUT2D eigenvalue weighted by molar-refractivity contribution is -0.146. The van der Waals surface area contributed by atoms with Crippen LogP contribution in [-0.2, 0) is 41.3 Å². The zero-order chi connectivity index (χ0) is 56.1. The first-order valence-electron chi connectivity index (χ1n) is 25.9. The third kappa shape index (κ3) is 17.6. The number of carbonyl (C=O) groups is 2. The van der Waals surface area contributed by atoms with E-state index in [1.807, 2.05) is 74.4 Å². The van der Waals surface area contributed by atoms with E-state index >= 15 is 0 Å². The van der Waals surface area contributed by atoms with Crippen molar-refractivity contribution in [3.8, 4) is 11.5 Å². The van der Waals surface area contributed by atoms with E-state index in [1.54, 1.807) is 38.6 Å². The fourth-order valence-electron chi connectivity index (χ4n) is 9.67. The normalized spacial score (nSPS) is 17.2. The maximum atomic E-state index is 12.8. The number of hydrogen-bond donors (Lipinski definition) is 2. The van der Waals surface area contributed by atoms with Crippen molar-refractivity contribution >= 4 is 68.8 Å². The number of benzene rings is 2. The molecule has 2 N–H and O–H groups in total. The Hall–Kier alpha value is -6.38. The highest BCUT2D eigenvalue weighted by molar-refractivity contribution is 6.31. The van der Waals surface area contributed by atoms with Gasteiger partial charge in [-0.15, -0.1) is 0 Å². The van der Waals surface area contributed by atoms with E-state index in [0.717, 1.165) is 77.0 Å². The number of carbonyl (C=O) groups excluding carboxylic acids is 1. The highest BCUT2D eigenvalue weighted by Gasteiger charge is 2.26. The fraction of sp³-hybridized carbons (Fsp3) is 0.509. The minimum atomic E-state index is -1.14. The van der Waals surface area contributed by atoms with Crippen molar-refractivity contribution in [3.05, 3.63) is 114 Å². The number of aliphatic hydroxyl groups is 1. The summed E-state index contributed by atoms with van der Waals surface area (Å²) in [6.07, 6.45) is 6.76. The molecule has 0 aliphatic carbocycles. The van der Waals surface area contributed by atoms with E-state index in [9.17, 15) is 19.2 Å². The largest absolute Gasteiger partial charge is 0.479 e. The Balaban J connectivity index is 0.000000259. The molecule has 0 bridgehead atoms. The zero-order valence-corrected chi connectivity index (χ0v) is 47.5. The van der Waals surface area contributed by atoms with E-state index in [0.29, 0.717) is 65.0 Å². The number of likely N-dealkylation sites (N-methyl/N-ethyl adjacent to an activating group) is 2. The number of carboxylic acid groups (broad SMARTS) is 1. The van der Waals surface area contributed by atoms with Crippen LogP contribution in [0.3, 0.4) is 0 Å². The number of halogens is 2. The van der Waals surface area contributed by atoms with Gasteiger partial charge in [0.15, 0.2) is 24.7 Å². The number of anilines is 2. The topological polar surface area (TPSA) is 211 Å². The van der Waals surface area contributed by atoms with Crippen molar-refractivity contribution in [1.29, 1.82) is 0 Å². The minimum absolute atomic E-state index is 0. The second kappa shape index (κ2) is 29.0. The third-order valence-electron chi connectivity index (χ3n) is 13.2. The van der Waals surface area contributed by atoms with Crippen LogP contribution in [0, 0.1) is 23.7 Å². The average molecular weight is 1120 g/mol. The molecule has 0 spiro atoms. The summed E-state index contributed by atoms with van der Waals surface area (Å²) in [7, 11) is 11.0. The number of fused-ring (bicyclic) bond motifs is 2. The Morgan fingerprint density at radius 2 is 1.06 bits per heavy atom. The van der Waals surface area contributed by atoms with E-state index in [-0.39, 0.29) is 49.9 Å². The van der Waals surface area contributed by atoms with Gasteiger partial charge >= 0.3 is 11.9 Å². The van der Waals surface area contributed by atoms with Crippen LogP contribution in [0.1, 0.15) is 70.5 Å². The predicted molar refractivity (Wildman–Crippen MR) is 309 cm³/mol. The molecule has 2 saturated heterocycles. The molecule has 2 aliphatic heterocycles. The number of rotatable bonds is 17. The lowest BCUT2D eigenvalue weighted by Gasteiger charge is -2.35. The summed E-state index contributed by atoms with van der Waals surface area (Å²) in [5.74, 6) is 2.18. The van der Waals surface area contributed by atoms with Crippen LogP contribution < -0.4 is 30.4 Å². The lowest BCUT2D eigenvalue weighted by atomic mass is 9.92. The first-order valence-corrected chi connectivity index (χ1v) is 26.7. The fourth-order valence-corrected chi connectivity index (χ4v) is 9.98. The highest BCUT2D eigenvalue weighted by atomic mass is 35.5. The maximum Gasteiger partial charge on any atom is 0.344 e. The Kier molecular flexibility index (Phi) is 23.2. The SMILES string of the molecule is C.CN(C)CCO.C[C@@H]1C[C@H](C)CN(c2ncc(Cl)c(Cc3ccc4c(c3)cc(OCC(=O)O)c(=O)n4C)n2)C1.C[C@@H]1C[C@H](C)CN(c2ncc(Cl)c(Cc3ccc4c(c3)cc(OCC(=O)OCCN(C)C)c(=O)n4C)n2)C1. The summed E-state index contributed by atoms with van der Waals surface area (Å²) in [4.78, 5) is 75.0. The van der Waals surface area contributed by atoms with Crippen LogP contribution >= 0.6 is 23.2 Å². The van der Waals surface area contributed by atoms with Gasteiger partial charge in [-0.25, -0.2) is 29.5 Å². The van der Waals surface area contributed by atoms with Crippen LogP contribution in [0.15, 0.2) is 70.5 Å². The molecule has 0 saturated carbocycles. The summed E-state index contributed by atoms with van der Waals surface area (Å²) in [6, 6.07) is 14.8. The number of hydrogen-bond acceptors (Lipinski definition) is 16. The molecule has 0 radical (unpaired) electrons. The van der Waals surface area contributed by atoms with Crippen LogP contribution in [0.2, 0.25) is 10.0 Å². The zero-order valence-electron chi connectivity index (χ0n) is 46.0. The molecule has 8 rings (SSSR count). The summed E-state index contributed by atoms with van der Waals surface area (Å²) < 4.78 is 18.9. The smallest absolute Gasteiger partial charge is 0.344 e. The Morgan fingerprint density at radius 3 is 1.44 bits per heavy atom. The number of aliphatic carboxylic acids is 1. The number of aryl methyl sites for hydroxylation is 2. The summed E-state index contributed by atoms with van der Waals surface area (Å²) in [5, 5.41) is 19.7. The predicted octanol–water partition coefficient (Wildman–Crippen LogP) is 7.23. The monoisotopic (exact) mass is 1120 g/mol. The summed E-state index contributed by atoms with van der Waals surface area (Å²) >= 11 is 12.9. The van der Waals surface area contributed by atoms with Gasteiger partial charge in [0.1, 0.15) is 6.61 Å². The van der Waals surface area contributed by atoms with E-state index < -0.39 is 18.5 Å². The molecule has 2 aliphatic rings. The molecule has 6 heterocycles. The Labute approximate surface area is 467 Å². The van der Waals surface area contributed by atoms with Crippen molar-refractivity contribution in [2.45, 2.75) is 60.8 Å². The first kappa shape index (κ1) is 62.5. The van der Waals surface area contributed by atoms with E-state index in [1.165, 1.54) is 22.0 Å². The lowest BCUT2D eigenvalue weighted by Crippen LogP contribution is -2.39. The van der Waals surface area contributed by atoms with Gasteiger partial charge in [-0.05, 0) is 112 Å². The molecule has 424 valence electrons. The van der Waals surface area contributed by atoms with Gasteiger partial charge in [-0.1, -0.05) is 70.5 Å². The van der Waals surface area contributed by atoms with Crippen molar-refractivity contribution < 1.29 is 34.0 Å². The molecule has 4 aromatic heterocycles. The van der Waals surface area contributed by atoms with Gasteiger partial charge in [0.25, 0.3) is 11.1 Å². The molecular weight excluding hydrogens is 1040 g/mol. The molecule has 2 aromatic carbocycles. The van der Waals surface area contributed by atoms with E-state index in [2.05, 4.69) is 47.5 Å². The number of carboxylic acids is 1. The van der Waals surface area contributed by atoms with Gasteiger partial charge < -0.3 is 53.2 Å². The summed E-state index contributed by atoms with van der Waals surface area (Å²) in [6.45, 7) is 13.7. The maximum absolute atomic E-state index is 12.8. The number of ether oxygens (including phenoxy) is 3. The molecule has 19 nitrogen and oxygen atoms in total. The standard InChI is InChI=1S/C28H36ClN5O4.C24H27ClN4O4.C4H11NO.CH4/c1-18-10-19(2)16-34(15-18)28-30-14-22(29)23(31-28)12-20-6-7-24-21(11-20)13-25(27(36)33(24)5)38-17-26(35)37-9-8-32(3)4;1-14-6-15(2)12-29(11-14)24-26-10-18(25)19(27-24)8-16-4-5-20-17(7-16)9-21(23(32)28(20)3)33-13-22(30)31;1-5(2)3-4-6;/h6-7,11,13-14,18-19H,8-10,12,15-17H2,1-5H3;4-5,7,9-10,14-15H,6,8,11-13H2,1-3H3,(H,30,31);6H,3-4H2,1-2H3;1H4/t18-,19+;14-,15+;;. The van der Waals surface area contributed by atoms with Gasteiger partial charge in [0.05, 0.1) is 51.5 Å². The van der Waals surface area contributed by atoms with Crippen molar-refractivity contribution in [2.24, 2.45) is 37.8 Å². The molecule has 6 aromatic rings. The third-order valence-corrected chi connectivity index (χ3v) is 13.8. The highest BCUT2D eigenvalue weighted by Crippen LogP contribution is 2.29. The second-order valence-electron chi connectivity index (χ2n) is 21.0. The summed E-state index contributed by atoms with van der Waals surface area (Å²) in [5.41, 5.74) is 4.20. The number of pyridine rings is 2.